The average Bonchev–Trinajstić information content (AvgIpc) is 3.58. The predicted molar refractivity (Wildman–Crippen MR) is 171 cm³/mol. The lowest BCUT2D eigenvalue weighted by Crippen LogP contribution is -2.61. The number of carbonyl (C=O) groups is 1. The molecule has 4 saturated carbocycles. The molecule has 0 amide bonds. The lowest BCUT2D eigenvalue weighted by molar-refractivity contribution is -0.374. The van der Waals surface area contributed by atoms with E-state index in [0.717, 1.165) is 0 Å². The summed E-state index contributed by atoms with van der Waals surface area (Å²) < 4.78 is 167. The normalized spacial score (nSPS) is 32.0. The van der Waals surface area contributed by atoms with Crippen LogP contribution in [0.1, 0.15) is 117 Å². The Hall–Kier alpha value is -1.61. The van der Waals surface area contributed by atoms with Gasteiger partial charge < -0.3 is 14.6 Å². The monoisotopic (exact) mass is 772 g/mol. The summed E-state index contributed by atoms with van der Waals surface area (Å²) >= 11 is 0. The Morgan fingerprint density at radius 1 is 0.549 bits per heavy atom. The Kier molecular flexibility index (Phi) is 16.6. The highest BCUT2D eigenvalue weighted by molar-refractivity contribution is 5.61. The van der Waals surface area contributed by atoms with Gasteiger partial charge in [-0.25, -0.2) is 4.79 Å². The van der Waals surface area contributed by atoms with E-state index in [1.807, 2.05) is 27.7 Å². The van der Waals surface area contributed by atoms with E-state index in [1.165, 1.54) is 20.8 Å². The molecule has 0 aromatic carbocycles. The van der Waals surface area contributed by atoms with Crippen molar-refractivity contribution < 1.29 is 72.1 Å². The van der Waals surface area contributed by atoms with Gasteiger partial charge in [-0.1, -0.05) is 57.4 Å². The lowest BCUT2D eigenvalue weighted by atomic mass is 9.71. The maximum Gasteiger partial charge on any atom is 0.510 e. The standard InChI is InChI=1S/C18H26F6O3.C13H18F6O.4CH4/c1-9-10(2)13-7-11(9)6-12(13)8-16(17(19,20)21,18(22,23)24)27-14(25)26-15(3,4)5;1-6-7(2)10-4-8(6)3-9(10)5-11(20,12(14,15)16)13(17,18)19;;;;/h9-13H,6-8H2,1-5H3;6-10,20H,3-5H2,1-2H3;4*1H4. The van der Waals surface area contributed by atoms with Crippen LogP contribution in [0.3, 0.4) is 0 Å². The van der Waals surface area contributed by atoms with E-state index in [0.29, 0.717) is 25.2 Å². The van der Waals surface area contributed by atoms with Gasteiger partial charge in [-0.3, -0.25) is 0 Å². The van der Waals surface area contributed by atoms with E-state index in [2.05, 4.69) is 9.47 Å². The van der Waals surface area contributed by atoms with Crippen molar-refractivity contribution >= 4 is 6.16 Å². The smallest absolute Gasteiger partial charge is 0.429 e. The molecule has 4 rings (SSSR count). The molecule has 4 nitrogen and oxygen atoms in total. The van der Waals surface area contributed by atoms with Crippen LogP contribution in [0.2, 0.25) is 0 Å². The molecular formula is C35H60F12O4. The number of hydrogen-bond donors (Lipinski definition) is 1. The zero-order chi connectivity index (χ0) is 36.5. The first-order valence-corrected chi connectivity index (χ1v) is 15.8. The Bertz CT molecular complexity index is 1080. The van der Waals surface area contributed by atoms with Crippen LogP contribution < -0.4 is 0 Å². The quantitative estimate of drug-likeness (QED) is 0.223. The van der Waals surface area contributed by atoms with Crippen molar-refractivity contribution in [1.82, 2.24) is 0 Å². The summed E-state index contributed by atoms with van der Waals surface area (Å²) in [4.78, 5) is 11.8. The third kappa shape index (κ3) is 9.93. The van der Waals surface area contributed by atoms with Gasteiger partial charge >= 0.3 is 36.5 Å². The summed E-state index contributed by atoms with van der Waals surface area (Å²) in [6.07, 6.45) is -25.6. The lowest BCUT2D eigenvalue weighted by Gasteiger charge is -2.41. The fourth-order valence-corrected chi connectivity index (χ4v) is 8.76. The van der Waals surface area contributed by atoms with Crippen molar-refractivity contribution in [3.05, 3.63) is 0 Å². The Balaban J connectivity index is 0. The van der Waals surface area contributed by atoms with E-state index in [-0.39, 0.29) is 77.6 Å². The fraction of sp³-hybridized carbons (Fsp3) is 0.971. The first-order chi connectivity index (χ1) is 20.9. The first kappa shape index (κ1) is 51.5. The largest absolute Gasteiger partial charge is 0.510 e. The molecule has 0 aromatic rings. The van der Waals surface area contributed by atoms with Crippen molar-refractivity contribution in [2.45, 2.75) is 158 Å². The van der Waals surface area contributed by atoms with Gasteiger partial charge in [0.15, 0.2) is 0 Å². The van der Waals surface area contributed by atoms with Crippen LogP contribution in [0.25, 0.3) is 0 Å². The van der Waals surface area contributed by atoms with Gasteiger partial charge in [-0.2, -0.15) is 52.7 Å². The van der Waals surface area contributed by atoms with Gasteiger partial charge in [-0.15, -0.1) is 0 Å². The molecule has 51 heavy (non-hydrogen) atoms. The third-order valence-electron chi connectivity index (χ3n) is 11.7. The zero-order valence-electron chi connectivity index (χ0n) is 27.2. The van der Waals surface area contributed by atoms with E-state index in [9.17, 15) is 62.6 Å². The highest BCUT2D eigenvalue weighted by Crippen LogP contribution is 2.61. The summed E-state index contributed by atoms with van der Waals surface area (Å²) in [6.45, 7) is 11.7. The molecule has 10 atom stereocenters. The van der Waals surface area contributed by atoms with Crippen molar-refractivity contribution in [3.63, 3.8) is 0 Å². The van der Waals surface area contributed by atoms with Gasteiger partial charge in [0.25, 0.3) is 5.60 Å². The average molecular weight is 773 g/mol. The Morgan fingerprint density at radius 3 is 1.14 bits per heavy atom. The SMILES string of the molecule is C.C.C.C.CC1C2CC(CC(O)(C(F)(F)F)C(F)(F)F)C(C2)C1C.CC1C2CC(CC(OC(=O)OC(C)(C)C)(C(F)(F)F)C(F)(F)F)C(C2)C1C. The van der Waals surface area contributed by atoms with Crippen LogP contribution >= 0.6 is 0 Å². The molecule has 16 heteroatoms. The molecule has 308 valence electrons. The molecule has 4 aliphatic carbocycles. The maximum absolute atomic E-state index is 13.7. The molecule has 0 radical (unpaired) electrons. The summed E-state index contributed by atoms with van der Waals surface area (Å²) in [5, 5.41) is 9.28. The second-order valence-corrected chi connectivity index (χ2v) is 15.4. The van der Waals surface area contributed by atoms with Crippen molar-refractivity contribution in [3.8, 4) is 0 Å². The van der Waals surface area contributed by atoms with Crippen LogP contribution in [0, 0.1) is 59.2 Å². The van der Waals surface area contributed by atoms with Crippen LogP contribution in [0.15, 0.2) is 0 Å². The van der Waals surface area contributed by atoms with Crippen LogP contribution in [0.5, 0.6) is 0 Å². The van der Waals surface area contributed by atoms with Gasteiger partial charge in [-0.05, 0) is 112 Å². The minimum atomic E-state index is -5.81. The molecule has 0 heterocycles. The summed E-state index contributed by atoms with van der Waals surface area (Å²) in [7, 11) is 0. The highest BCUT2D eigenvalue weighted by Gasteiger charge is 2.76. The predicted octanol–water partition coefficient (Wildman–Crippen LogP) is 12.8. The summed E-state index contributed by atoms with van der Waals surface area (Å²) in [5.74, 6) is -0.862. The fourth-order valence-electron chi connectivity index (χ4n) is 8.76. The second-order valence-electron chi connectivity index (χ2n) is 15.4. The van der Waals surface area contributed by atoms with Gasteiger partial charge in [0, 0.05) is 6.42 Å². The first-order valence-electron chi connectivity index (χ1n) is 15.8. The van der Waals surface area contributed by atoms with E-state index < -0.39 is 72.3 Å². The number of hydrogen-bond acceptors (Lipinski definition) is 4. The molecule has 0 aliphatic heterocycles. The number of alkyl halides is 12. The molecule has 0 aromatic heterocycles. The molecule has 4 aliphatic rings. The number of fused-ring (bicyclic) bond motifs is 4. The van der Waals surface area contributed by atoms with E-state index in [4.69, 9.17) is 0 Å². The maximum atomic E-state index is 13.7. The Morgan fingerprint density at radius 2 is 0.882 bits per heavy atom. The number of halogens is 12. The van der Waals surface area contributed by atoms with Crippen molar-refractivity contribution in [2.24, 2.45) is 59.2 Å². The molecule has 4 bridgehead atoms. The van der Waals surface area contributed by atoms with Crippen LogP contribution in [-0.4, -0.2) is 52.8 Å². The number of carbonyl (C=O) groups excluding carboxylic acids is 1. The van der Waals surface area contributed by atoms with Gasteiger partial charge in [0.1, 0.15) is 5.60 Å². The molecule has 10 unspecified atom stereocenters. The third-order valence-corrected chi connectivity index (χ3v) is 11.7. The molecular weight excluding hydrogens is 712 g/mol. The van der Waals surface area contributed by atoms with Crippen molar-refractivity contribution in [2.75, 3.05) is 0 Å². The van der Waals surface area contributed by atoms with Gasteiger partial charge in [0.2, 0.25) is 0 Å². The molecule has 0 saturated heterocycles. The summed E-state index contributed by atoms with van der Waals surface area (Å²) in [6, 6.07) is 0. The Labute approximate surface area is 295 Å². The van der Waals surface area contributed by atoms with Crippen LogP contribution in [-0.2, 0) is 9.47 Å². The van der Waals surface area contributed by atoms with Gasteiger partial charge in [0.05, 0.1) is 0 Å². The molecule has 0 spiro atoms. The van der Waals surface area contributed by atoms with E-state index >= 15 is 0 Å². The topological polar surface area (TPSA) is 55.8 Å². The molecule has 4 fully saturated rings. The molecule has 1 N–H and O–H groups in total. The zero-order valence-corrected chi connectivity index (χ0v) is 27.2. The number of ether oxygens (including phenoxy) is 2. The number of aliphatic hydroxyl groups is 1. The summed E-state index contributed by atoms with van der Waals surface area (Å²) in [5.41, 5.74) is -10.4. The van der Waals surface area contributed by atoms with E-state index in [1.54, 1.807) is 0 Å². The minimum Gasteiger partial charge on any atom is -0.429 e. The van der Waals surface area contributed by atoms with Crippen molar-refractivity contribution in [1.29, 1.82) is 0 Å². The van der Waals surface area contributed by atoms with Crippen LogP contribution in [0.4, 0.5) is 57.5 Å². The highest BCUT2D eigenvalue weighted by atomic mass is 19.4. The minimum absolute atomic E-state index is 0. The number of rotatable bonds is 5. The second kappa shape index (κ2) is 16.4.